The Morgan fingerprint density at radius 1 is 0.862 bits per heavy atom. The predicted octanol–water partition coefficient (Wildman–Crippen LogP) is 6.46. The van der Waals surface area contributed by atoms with Crippen molar-refractivity contribution in [2.45, 2.75) is 25.7 Å². The summed E-state index contributed by atoms with van der Waals surface area (Å²) in [5.74, 6) is -0.466. The second-order valence-electron chi connectivity index (χ2n) is 7.14. The third-order valence-corrected chi connectivity index (χ3v) is 6.03. The molecule has 0 saturated heterocycles. The molecular weight excluding hydrogens is 450 g/mol. The van der Waals surface area contributed by atoms with Gasteiger partial charge >= 0.3 is 0 Å². The number of halogens is 2. The van der Waals surface area contributed by atoms with Crippen LogP contribution in [-0.2, 0) is 12.8 Å². The Morgan fingerprint density at radius 2 is 1.62 bits per heavy atom. The molecule has 3 nitrogen and oxygen atoms in total. The van der Waals surface area contributed by atoms with Crippen molar-refractivity contribution in [2.75, 3.05) is 5.32 Å². The largest absolute Gasteiger partial charge is 0.321 e. The summed E-state index contributed by atoms with van der Waals surface area (Å²) < 4.78 is 0.750. The van der Waals surface area contributed by atoms with Crippen molar-refractivity contribution in [1.29, 1.82) is 0 Å². The van der Waals surface area contributed by atoms with Crippen LogP contribution in [0, 0.1) is 0 Å². The molecule has 1 aliphatic rings. The summed E-state index contributed by atoms with van der Waals surface area (Å²) >= 11 is 9.62. The van der Waals surface area contributed by atoms with Gasteiger partial charge in [0, 0.05) is 21.2 Å². The number of nitrogens with one attached hydrogen (secondary N) is 1. The number of hydrogen-bond donors (Lipinski definition) is 1. The zero-order chi connectivity index (χ0) is 20.4. The minimum absolute atomic E-state index is 0.228. The number of fused-ring (bicyclic) bond motifs is 1. The van der Waals surface area contributed by atoms with E-state index in [-0.39, 0.29) is 11.7 Å². The molecule has 0 atom stereocenters. The van der Waals surface area contributed by atoms with Crippen LogP contribution in [0.1, 0.15) is 50.2 Å². The van der Waals surface area contributed by atoms with E-state index >= 15 is 0 Å². The first kappa shape index (κ1) is 19.9. The molecule has 1 aliphatic carbocycles. The Balaban J connectivity index is 1.65. The van der Waals surface area contributed by atoms with Crippen molar-refractivity contribution in [3.05, 3.63) is 98.0 Å². The fraction of sp³-hybridized carbons (Fsp3) is 0.167. The Bertz CT molecular complexity index is 1110. The number of anilines is 1. The van der Waals surface area contributed by atoms with Gasteiger partial charge in [-0.3, -0.25) is 9.59 Å². The molecule has 0 unspecified atom stereocenters. The minimum atomic E-state index is -0.238. The first-order valence-corrected chi connectivity index (χ1v) is 10.7. The maximum absolute atomic E-state index is 13.1. The van der Waals surface area contributed by atoms with Crippen molar-refractivity contribution in [1.82, 2.24) is 0 Å². The lowest BCUT2D eigenvalue weighted by Crippen LogP contribution is -2.16. The first-order chi connectivity index (χ1) is 14.0. The first-order valence-electron chi connectivity index (χ1n) is 9.55. The molecule has 29 heavy (non-hydrogen) atoms. The van der Waals surface area contributed by atoms with E-state index in [9.17, 15) is 9.59 Å². The summed E-state index contributed by atoms with van der Waals surface area (Å²) in [5, 5.41) is 3.29. The molecule has 0 aliphatic heterocycles. The molecule has 0 saturated carbocycles. The van der Waals surface area contributed by atoms with Gasteiger partial charge in [0.2, 0.25) is 0 Å². The Kier molecular flexibility index (Phi) is 5.84. The van der Waals surface area contributed by atoms with Gasteiger partial charge in [-0.05, 0) is 79.3 Å². The van der Waals surface area contributed by atoms with Crippen LogP contribution < -0.4 is 5.32 Å². The van der Waals surface area contributed by atoms with E-state index in [1.807, 2.05) is 18.2 Å². The van der Waals surface area contributed by atoms with Gasteiger partial charge in [-0.15, -0.1) is 0 Å². The maximum Gasteiger partial charge on any atom is 0.255 e. The lowest BCUT2D eigenvalue weighted by Gasteiger charge is -2.17. The Labute approximate surface area is 183 Å². The number of carbonyl (C=O) groups excluding carboxylic acids is 2. The SMILES string of the molecule is O=C(Nc1ccc(Br)cc1C(=O)c1ccccc1Cl)c1ccc2c(c1)CCCC2. The van der Waals surface area contributed by atoms with Gasteiger partial charge < -0.3 is 5.32 Å². The van der Waals surface area contributed by atoms with Crippen LogP contribution in [0.3, 0.4) is 0 Å². The summed E-state index contributed by atoms with van der Waals surface area (Å²) in [6, 6.07) is 18.0. The number of ketones is 1. The molecule has 1 amide bonds. The lowest BCUT2D eigenvalue weighted by atomic mass is 9.90. The van der Waals surface area contributed by atoms with Crippen LogP contribution in [-0.4, -0.2) is 11.7 Å². The van der Waals surface area contributed by atoms with Crippen LogP contribution >= 0.6 is 27.5 Å². The lowest BCUT2D eigenvalue weighted by molar-refractivity contribution is 0.102. The summed E-state index contributed by atoms with van der Waals surface area (Å²) in [7, 11) is 0. The number of hydrogen-bond acceptors (Lipinski definition) is 2. The third-order valence-electron chi connectivity index (χ3n) is 5.20. The van der Waals surface area contributed by atoms with Crippen LogP contribution in [0.4, 0.5) is 5.69 Å². The molecule has 0 radical (unpaired) electrons. The number of carbonyl (C=O) groups is 2. The second-order valence-corrected chi connectivity index (χ2v) is 8.47. The topological polar surface area (TPSA) is 46.2 Å². The number of amides is 1. The van der Waals surface area contributed by atoms with Crippen LogP contribution in [0.5, 0.6) is 0 Å². The molecule has 3 aromatic rings. The van der Waals surface area contributed by atoms with Gasteiger partial charge in [0.15, 0.2) is 5.78 Å². The zero-order valence-corrected chi connectivity index (χ0v) is 18.0. The predicted molar refractivity (Wildman–Crippen MR) is 120 cm³/mol. The monoisotopic (exact) mass is 467 g/mol. The molecule has 0 aromatic heterocycles. The van der Waals surface area contributed by atoms with E-state index in [4.69, 9.17) is 11.6 Å². The number of rotatable bonds is 4. The van der Waals surface area contributed by atoms with Crippen molar-refractivity contribution < 1.29 is 9.59 Å². The Morgan fingerprint density at radius 3 is 2.41 bits per heavy atom. The minimum Gasteiger partial charge on any atom is -0.321 e. The van der Waals surface area contributed by atoms with Crippen molar-refractivity contribution >= 4 is 44.9 Å². The summed E-state index contributed by atoms with van der Waals surface area (Å²) in [6.07, 6.45) is 4.43. The highest BCUT2D eigenvalue weighted by Gasteiger charge is 2.19. The van der Waals surface area contributed by atoms with E-state index in [1.165, 1.54) is 17.5 Å². The zero-order valence-electron chi connectivity index (χ0n) is 15.7. The summed E-state index contributed by atoms with van der Waals surface area (Å²) in [4.78, 5) is 26.0. The maximum atomic E-state index is 13.1. The highest BCUT2D eigenvalue weighted by Crippen LogP contribution is 2.28. The van der Waals surface area contributed by atoms with E-state index in [0.29, 0.717) is 27.4 Å². The fourth-order valence-corrected chi connectivity index (χ4v) is 4.26. The Hall–Kier alpha value is -2.43. The molecule has 0 heterocycles. The standard InChI is InChI=1S/C24H19BrClNO2/c25-18-11-12-22(20(14-18)23(28)19-7-3-4-8-21(19)26)27-24(29)17-10-9-15-5-1-2-6-16(15)13-17/h3-4,7-14H,1-2,5-6H2,(H,27,29). The van der Waals surface area contributed by atoms with Gasteiger partial charge in [0.25, 0.3) is 5.91 Å². The van der Waals surface area contributed by atoms with Crippen molar-refractivity contribution in [3.8, 4) is 0 Å². The van der Waals surface area contributed by atoms with E-state index in [1.54, 1.807) is 42.5 Å². The molecule has 3 aromatic carbocycles. The second kappa shape index (κ2) is 8.52. The quantitative estimate of drug-likeness (QED) is 0.446. The number of aryl methyl sites for hydroxylation is 2. The molecule has 0 fully saturated rings. The molecular formula is C24H19BrClNO2. The van der Waals surface area contributed by atoms with Crippen molar-refractivity contribution in [3.63, 3.8) is 0 Å². The average molecular weight is 469 g/mol. The van der Waals surface area contributed by atoms with E-state index < -0.39 is 0 Å². The van der Waals surface area contributed by atoms with Gasteiger partial charge in [0.05, 0.1) is 10.7 Å². The molecule has 5 heteroatoms. The van der Waals surface area contributed by atoms with Crippen LogP contribution in [0.2, 0.25) is 5.02 Å². The highest BCUT2D eigenvalue weighted by atomic mass is 79.9. The normalized spacial score (nSPS) is 12.9. The van der Waals surface area contributed by atoms with Gasteiger partial charge in [-0.1, -0.05) is 45.7 Å². The van der Waals surface area contributed by atoms with E-state index in [2.05, 4.69) is 21.2 Å². The fourth-order valence-electron chi connectivity index (χ4n) is 3.67. The van der Waals surface area contributed by atoms with Crippen LogP contribution in [0.25, 0.3) is 0 Å². The van der Waals surface area contributed by atoms with Crippen molar-refractivity contribution in [2.24, 2.45) is 0 Å². The van der Waals surface area contributed by atoms with E-state index in [0.717, 1.165) is 23.7 Å². The molecule has 146 valence electrons. The summed E-state index contributed by atoms with van der Waals surface area (Å²) in [5.41, 5.74) is 4.42. The van der Waals surface area contributed by atoms with Gasteiger partial charge in [0.1, 0.15) is 0 Å². The van der Waals surface area contributed by atoms with Crippen LogP contribution in [0.15, 0.2) is 65.1 Å². The molecule has 0 spiro atoms. The van der Waals surface area contributed by atoms with Gasteiger partial charge in [-0.25, -0.2) is 0 Å². The molecule has 0 bridgehead atoms. The summed E-state index contributed by atoms with van der Waals surface area (Å²) in [6.45, 7) is 0. The molecule has 4 rings (SSSR count). The highest BCUT2D eigenvalue weighted by molar-refractivity contribution is 9.10. The smallest absolute Gasteiger partial charge is 0.255 e. The molecule has 1 N–H and O–H groups in total. The number of benzene rings is 3. The average Bonchev–Trinajstić information content (AvgIpc) is 2.74. The third kappa shape index (κ3) is 4.29. The van der Waals surface area contributed by atoms with Gasteiger partial charge in [-0.2, -0.15) is 0 Å².